The van der Waals surface area contributed by atoms with Crippen molar-refractivity contribution in [2.24, 2.45) is 5.92 Å². The molecule has 2 unspecified atom stereocenters. The van der Waals surface area contributed by atoms with Crippen LogP contribution >= 0.6 is 0 Å². The minimum absolute atomic E-state index is 0.323. The van der Waals surface area contributed by atoms with E-state index in [2.05, 4.69) is 17.1 Å². The monoisotopic (exact) mass is 198 g/mol. The van der Waals surface area contributed by atoms with Gasteiger partial charge in [0.25, 0.3) is 0 Å². The summed E-state index contributed by atoms with van der Waals surface area (Å²) in [7, 11) is 0. The molecule has 1 aliphatic heterocycles. The van der Waals surface area contributed by atoms with Crippen LogP contribution in [0.25, 0.3) is 0 Å². The maximum Gasteiger partial charge on any atom is 0.0446 e. The molecule has 2 fully saturated rings. The summed E-state index contributed by atoms with van der Waals surface area (Å²) < 4.78 is 0. The molecule has 0 amide bonds. The molecule has 3 heteroatoms. The third kappa shape index (κ3) is 2.47. The van der Waals surface area contributed by atoms with Crippen LogP contribution in [0.3, 0.4) is 0 Å². The predicted octanol–water partition coefficient (Wildman–Crippen LogP) is 0.441. The van der Waals surface area contributed by atoms with E-state index in [4.69, 9.17) is 5.11 Å². The van der Waals surface area contributed by atoms with Crippen molar-refractivity contribution < 1.29 is 5.11 Å². The maximum atomic E-state index is 9.04. The van der Waals surface area contributed by atoms with Gasteiger partial charge < -0.3 is 10.4 Å². The van der Waals surface area contributed by atoms with E-state index in [1.165, 1.54) is 19.4 Å². The molecule has 1 heterocycles. The number of nitrogens with one attached hydrogen (secondary N) is 1. The highest BCUT2D eigenvalue weighted by Crippen LogP contribution is 2.30. The van der Waals surface area contributed by atoms with Gasteiger partial charge in [0, 0.05) is 31.8 Å². The Kier molecular flexibility index (Phi) is 3.42. The van der Waals surface area contributed by atoms with Gasteiger partial charge in [0.1, 0.15) is 0 Å². The van der Waals surface area contributed by atoms with E-state index >= 15 is 0 Å². The molecular formula is C11H22N2O. The predicted molar refractivity (Wildman–Crippen MR) is 57.3 cm³/mol. The van der Waals surface area contributed by atoms with Crippen LogP contribution in [0.15, 0.2) is 0 Å². The molecule has 82 valence electrons. The van der Waals surface area contributed by atoms with Crippen LogP contribution in [0.1, 0.15) is 26.2 Å². The van der Waals surface area contributed by atoms with Gasteiger partial charge in [-0.05, 0) is 31.7 Å². The molecule has 0 bridgehead atoms. The third-order valence-electron chi connectivity index (χ3n) is 3.34. The van der Waals surface area contributed by atoms with Gasteiger partial charge in [-0.3, -0.25) is 4.90 Å². The molecule has 1 saturated heterocycles. The fourth-order valence-electron chi connectivity index (χ4n) is 2.46. The zero-order valence-corrected chi connectivity index (χ0v) is 9.08. The van der Waals surface area contributed by atoms with Gasteiger partial charge >= 0.3 is 0 Å². The number of hydrogen-bond acceptors (Lipinski definition) is 3. The Morgan fingerprint density at radius 1 is 1.36 bits per heavy atom. The fraction of sp³-hybridized carbons (Fsp3) is 1.00. The van der Waals surface area contributed by atoms with Crippen molar-refractivity contribution in [1.82, 2.24) is 10.2 Å². The molecule has 3 nitrogen and oxygen atoms in total. The van der Waals surface area contributed by atoms with Gasteiger partial charge in [-0.25, -0.2) is 0 Å². The summed E-state index contributed by atoms with van der Waals surface area (Å²) >= 11 is 0. The normalized spacial score (nSPS) is 35.6. The lowest BCUT2D eigenvalue weighted by Crippen LogP contribution is -2.42. The minimum atomic E-state index is 0.323. The van der Waals surface area contributed by atoms with E-state index < -0.39 is 0 Å². The minimum Gasteiger partial charge on any atom is -0.396 e. The smallest absolute Gasteiger partial charge is 0.0446 e. The molecule has 1 saturated carbocycles. The molecule has 2 rings (SSSR count). The summed E-state index contributed by atoms with van der Waals surface area (Å²) in [6, 6.07) is 1.39. The van der Waals surface area contributed by atoms with Gasteiger partial charge in [0.2, 0.25) is 0 Å². The van der Waals surface area contributed by atoms with Crippen molar-refractivity contribution in [1.29, 1.82) is 0 Å². The molecule has 0 aromatic heterocycles. The molecule has 14 heavy (non-hydrogen) atoms. The number of rotatable bonds is 3. The van der Waals surface area contributed by atoms with Crippen molar-refractivity contribution in [3.8, 4) is 0 Å². The van der Waals surface area contributed by atoms with Crippen molar-refractivity contribution in [3.05, 3.63) is 0 Å². The van der Waals surface area contributed by atoms with Crippen molar-refractivity contribution in [3.63, 3.8) is 0 Å². The zero-order valence-electron chi connectivity index (χ0n) is 9.08. The fourth-order valence-corrected chi connectivity index (χ4v) is 2.46. The number of nitrogens with zero attached hydrogens (tertiary/aromatic N) is 1. The summed E-state index contributed by atoms with van der Waals surface area (Å²) in [6.45, 7) is 6.03. The molecule has 0 spiro atoms. The van der Waals surface area contributed by atoms with Gasteiger partial charge in [-0.15, -0.1) is 0 Å². The van der Waals surface area contributed by atoms with E-state index in [-0.39, 0.29) is 0 Å². The average molecular weight is 198 g/mol. The summed E-state index contributed by atoms with van der Waals surface area (Å²) in [4.78, 5) is 2.63. The van der Waals surface area contributed by atoms with Crippen LogP contribution in [0.2, 0.25) is 0 Å². The Hall–Kier alpha value is -0.120. The first-order chi connectivity index (χ1) is 6.81. The number of aliphatic hydroxyl groups excluding tert-OH is 1. The highest BCUT2D eigenvalue weighted by Gasteiger charge is 2.35. The molecule has 2 atom stereocenters. The van der Waals surface area contributed by atoms with Crippen molar-refractivity contribution >= 4 is 0 Å². The van der Waals surface area contributed by atoms with E-state index in [0.717, 1.165) is 31.5 Å². The SMILES string of the molecule is CC1CNCC(CCO)N(C2CC2)C1. The Morgan fingerprint density at radius 2 is 2.14 bits per heavy atom. The zero-order chi connectivity index (χ0) is 9.97. The highest BCUT2D eigenvalue weighted by atomic mass is 16.3. The van der Waals surface area contributed by atoms with Crippen LogP contribution in [-0.4, -0.2) is 48.3 Å². The van der Waals surface area contributed by atoms with E-state index in [9.17, 15) is 0 Å². The van der Waals surface area contributed by atoms with Crippen LogP contribution < -0.4 is 5.32 Å². The Morgan fingerprint density at radius 3 is 2.79 bits per heavy atom. The van der Waals surface area contributed by atoms with Crippen LogP contribution in [0, 0.1) is 5.92 Å². The maximum absolute atomic E-state index is 9.04. The third-order valence-corrected chi connectivity index (χ3v) is 3.34. The first-order valence-electron chi connectivity index (χ1n) is 5.88. The largest absolute Gasteiger partial charge is 0.396 e. The molecule has 2 aliphatic rings. The summed E-state index contributed by atoms with van der Waals surface area (Å²) in [6.07, 6.45) is 3.67. The average Bonchev–Trinajstić information content (AvgIpc) is 2.94. The van der Waals surface area contributed by atoms with Gasteiger partial charge in [0.05, 0.1) is 0 Å². The first kappa shape index (κ1) is 10.4. The summed E-state index contributed by atoms with van der Waals surface area (Å²) in [5.41, 5.74) is 0. The Labute approximate surface area is 86.5 Å². The summed E-state index contributed by atoms with van der Waals surface area (Å²) in [5.74, 6) is 0.749. The molecular weight excluding hydrogens is 176 g/mol. The van der Waals surface area contributed by atoms with Crippen molar-refractivity contribution in [2.45, 2.75) is 38.3 Å². The molecule has 0 radical (unpaired) electrons. The lowest BCUT2D eigenvalue weighted by atomic mass is 10.1. The lowest BCUT2D eigenvalue weighted by molar-refractivity contribution is 0.148. The molecule has 0 aromatic rings. The summed E-state index contributed by atoms with van der Waals surface area (Å²) in [5, 5.41) is 12.5. The quantitative estimate of drug-likeness (QED) is 0.691. The van der Waals surface area contributed by atoms with Crippen LogP contribution in [0.5, 0.6) is 0 Å². The van der Waals surface area contributed by atoms with Crippen LogP contribution in [-0.2, 0) is 0 Å². The highest BCUT2D eigenvalue weighted by molar-refractivity contribution is 4.92. The molecule has 1 aliphatic carbocycles. The second-order valence-corrected chi connectivity index (χ2v) is 4.86. The van der Waals surface area contributed by atoms with Crippen molar-refractivity contribution in [2.75, 3.05) is 26.2 Å². The second kappa shape index (κ2) is 4.60. The Balaban J connectivity index is 1.95. The van der Waals surface area contributed by atoms with Crippen LogP contribution in [0.4, 0.5) is 0 Å². The topological polar surface area (TPSA) is 35.5 Å². The number of hydrogen-bond donors (Lipinski definition) is 2. The van der Waals surface area contributed by atoms with Gasteiger partial charge in [0.15, 0.2) is 0 Å². The van der Waals surface area contributed by atoms with E-state index in [1.54, 1.807) is 0 Å². The Bertz CT molecular complexity index is 182. The lowest BCUT2D eigenvalue weighted by Gasteiger charge is -2.30. The first-order valence-corrected chi connectivity index (χ1v) is 5.88. The van der Waals surface area contributed by atoms with Gasteiger partial charge in [-0.1, -0.05) is 6.92 Å². The van der Waals surface area contributed by atoms with E-state index in [0.29, 0.717) is 12.6 Å². The second-order valence-electron chi connectivity index (χ2n) is 4.86. The van der Waals surface area contributed by atoms with Gasteiger partial charge in [-0.2, -0.15) is 0 Å². The molecule has 2 N–H and O–H groups in total. The van der Waals surface area contributed by atoms with E-state index in [1.807, 2.05) is 0 Å². The standard InChI is InChI=1S/C11H22N2O/c1-9-6-12-7-11(4-5-14)13(8-9)10-2-3-10/h9-12,14H,2-8H2,1H3. The number of aliphatic hydroxyl groups is 1. The molecule has 0 aromatic carbocycles.